The largest absolute Gasteiger partial charge is 0.288 e. The first-order valence-electron chi connectivity index (χ1n) is 7.83. The van der Waals surface area contributed by atoms with Crippen molar-refractivity contribution in [2.24, 2.45) is 0 Å². The highest BCUT2D eigenvalue weighted by Gasteiger charge is 2.13. The number of unbranched alkanes of at least 4 members (excludes halogenated alkanes) is 4. The number of H-pyrrole nitrogens is 1. The molecule has 0 aliphatic rings. The third kappa shape index (κ3) is 3.93. The molecule has 2 aromatic heterocycles. The van der Waals surface area contributed by atoms with E-state index in [4.69, 9.17) is 0 Å². The van der Waals surface area contributed by atoms with Crippen LogP contribution in [0.25, 0.3) is 5.78 Å². The molecule has 21 heavy (non-hydrogen) atoms. The third-order valence-corrected chi connectivity index (χ3v) is 4.36. The van der Waals surface area contributed by atoms with Crippen LogP contribution in [0.1, 0.15) is 63.9 Å². The maximum atomic E-state index is 12.3. The maximum absolute atomic E-state index is 12.3. The minimum absolute atomic E-state index is 0.104. The van der Waals surface area contributed by atoms with Gasteiger partial charge in [0.1, 0.15) is 10.3 Å². The van der Waals surface area contributed by atoms with Gasteiger partial charge < -0.3 is 0 Å². The number of hydrogen-bond donors (Lipinski definition) is 1. The predicted octanol–water partition coefficient (Wildman–Crippen LogP) is 3.65. The molecule has 1 N–H and O–H groups in total. The van der Waals surface area contributed by atoms with Crippen LogP contribution < -0.4 is 5.56 Å². The van der Waals surface area contributed by atoms with E-state index in [1.54, 1.807) is 0 Å². The molecule has 0 aliphatic heterocycles. The third-order valence-electron chi connectivity index (χ3n) is 3.56. The molecule has 2 rings (SSSR count). The normalized spacial score (nSPS) is 11.4. The predicted molar refractivity (Wildman–Crippen MR) is 87.8 cm³/mol. The first-order chi connectivity index (χ1) is 10.2. The fraction of sp³-hybridized carbons (Fsp3) is 0.667. The molecular weight excluding hydrogens is 332 g/mol. The number of hydrogen-bond acceptors (Lipinski definition) is 3. The molecule has 2 heterocycles. The first kappa shape index (κ1) is 16.2. The van der Waals surface area contributed by atoms with E-state index in [-0.39, 0.29) is 5.56 Å². The fourth-order valence-electron chi connectivity index (χ4n) is 2.39. The summed E-state index contributed by atoms with van der Waals surface area (Å²) < 4.78 is 1.98. The molecule has 116 valence electrons. The number of rotatable bonds is 8. The molecule has 0 amide bonds. The Labute approximate surface area is 133 Å². The summed E-state index contributed by atoms with van der Waals surface area (Å²) in [6.07, 6.45) is 8.71. The zero-order valence-electron chi connectivity index (χ0n) is 12.8. The van der Waals surface area contributed by atoms with E-state index in [2.05, 4.69) is 44.8 Å². The van der Waals surface area contributed by atoms with E-state index in [9.17, 15) is 4.79 Å². The average Bonchev–Trinajstić information content (AvgIpc) is 2.87. The van der Waals surface area contributed by atoms with E-state index in [0.29, 0.717) is 10.3 Å². The minimum atomic E-state index is -0.104. The lowest BCUT2D eigenvalue weighted by Gasteiger charge is -2.00. The van der Waals surface area contributed by atoms with Gasteiger partial charge in [-0.3, -0.25) is 9.89 Å². The molecule has 0 spiro atoms. The molecule has 0 bridgehead atoms. The van der Waals surface area contributed by atoms with Crippen molar-refractivity contribution in [3.63, 3.8) is 0 Å². The van der Waals surface area contributed by atoms with Gasteiger partial charge in [0.2, 0.25) is 0 Å². The molecule has 0 radical (unpaired) electrons. The highest BCUT2D eigenvalue weighted by Crippen LogP contribution is 2.13. The van der Waals surface area contributed by atoms with Crippen molar-refractivity contribution >= 4 is 21.7 Å². The Morgan fingerprint density at radius 2 is 1.81 bits per heavy atom. The second-order valence-electron chi connectivity index (χ2n) is 5.40. The van der Waals surface area contributed by atoms with Crippen molar-refractivity contribution in [2.45, 2.75) is 65.2 Å². The molecule has 0 fully saturated rings. The van der Waals surface area contributed by atoms with Crippen LogP contribution in [0.15, 0.2) is 9.27 Å². The van der Waals surface area contributed by atoms with E-state index >= 15 is 0 Å². The van der Waals surface area contributed by atoms with Crippen LogP contribution in [-0.2, 0) is 12.8 Å². The number of aromatic nitrogens is 4. The van der Waals surface area contributed by atoms with Crippen LogP contribution in [0.2, 0.25) is 0 Å². The van der Waals surface area contributed by atoms with Gasteiger partial charge in [-0.1, -0.05) is 46.0 Å². The lowest BCUT2D eigenvalue weighted by atomic mass is 10.1. The molecule has 5 nitrogen and oxygen atoms in total. The number of aromatic amines is 1. The second kappa shape index (κ2) is 7.73. The second-order valence-corrected chi connectivity index (χ2v) is 6.19. The Morgan fingerprint density at radius 1 is 1.05 bits per heavy atom. The monoisotopic (exact) mass is 354 g/mol. The van der Waals surface area contributed by atoms with Gasteiger partial charge in [-0.25, -0.2) is 4.98 Å². The quantitative estimate of drug-likeness (QED) is 0.736. The van der Waals surface area contributed by atoms with Crippen LogP contribution in [0.5, 0.6) is 0 Å². The van der Waals surface area contributed by atoms with Gasteiger partial charge >= 0.3 is 0 Å². The van der Waals surface area contributed by atoms with Crippen molar-refractivity contribution in [3.8, 4) is 0 Å². The van der Waals surface area contributed by atoms with E-state index < -0.39 is 0 Å². The highest BCUT2D eigenvalue weighted by molar-refractivity contribution is 9.10. The Kier molecular flexibility index (Phi) is 5.96. The summed E-state index contributed by atoms with van der Waals surface area (Å²) >= 11 is 3.35. The first-order valence-corrected chi connectivity index (χ1v) is 8.62. The van der Waals surface area contributed by atoms with Crippen molar-refractivity contribution in [2.75, 3.05) is 0 Å². The van der Waals surface area contributed by atoms with Gasteiger partial charge in [-0.2, -0.15) is 9.50 Å². The molecule has 0 unspecified atom stereocenters. The van der Waals surface area contributed by atoms with Crippen molar-refractivity contribution in [1.29, 1.82) is 0 Å². The Hall–Kier alpha value is -1.17. The van der Waals surface area contributed by atoms with Crippen molar-refractivity contribution in [1.82, 2.24) is 19.6 Å². The Morgan fingerprint density at radius 3 is 2.52 bits per heavy atom. The topological polar surface area (TPSA) is 63.1 Å². The SMILES string of the molecule is CCCCCCCc1nc2nc(CCC)c(Br)c(=O)n2[nH]1. The van der Waals surface area contributed by atoms with Crippen molar-refractivity contribution in [3.05, 3.63) is 26.3 Å². The van der Waals surface area contributed by atoms with Crippen LogP contribution in [-0.4, -0.2) is 19.6 Å². The molecule has 0 aliphatic carbocycles. The zero-order valence-corrected chi connectivity index (χ0v) is 14.4. The smallest absolute Gasteiger partial charge is 0.275 e. The summed E-state index contributed by atoms with van der Waals surface area (Å²) in [6.45, 7) is 4.28. The molecule has 0 aromatic carbocycles. The Balaban J connectivity index is 2.14. The van der Waals surface area contributed by atoms with Gasteiger partial charge in [0, 0.05) is 6.42 Å². The van der Waals surface area contributed by atoms with Crippen LogP contribution in [0.4, 0.5) is 0 Å². The molecule has 0 atom stereocenters. The van der Waals surface area contributed by atoms with Crippen molar-refractivity contribution < 1.29 is 0 Å². The molecule has 0 saturated carbocycles. The van der Waals surface area contributed by atoms with Crippen LogP contribution in [0, 0.1) is 0 Å². The molecule has 2 aromatic rings. The highest BCUT2D eigenvalue weighted by atomic mass is 79.9. The average molecular weight is 355 g/mol. The minimum Gasteiger partial charge on any atom is -0.275 e. The summed E-state index contributed by atoms with van der Waals surface area (Å²) in [5, 5.41) is 3.07. The van der Waals surface area contributed by atoms with Gasteiger partial charge in [0.25, 0.3) is 11.3 Å². The lowest BCUT2D eigenvalue weighted by Crippen LogP contribution is -2.18. The van der Waals surface area contributed by atoms with Gasteiger partial charge in [-0.15, -0.1) is 0 Å². The molecule has 0 saturated heterocycles. The standard InChI is InChI=1S/C15H23BrN4O/c1-3-5-6-7-8-10-12-18-15-17-11(9-4-2)13(16)14(21)20(15)19-12/h3-10H2,1-2H3,(H,17,18,19). The van der Waals surface area contributed by atoms with Gasteiger partial charge in [-0.05, 0) is 28.8 Å². The fourth-order valence-corrected chi connectivity index (χ4v) is 2.86. The Bertz CT molecular complexity index is 647. The zero-order chi connectivity index (χ0) is 15.2. The maximum Gasteiger partial charge on any atom is 0.288 e. The van der Waals surface area contributed by atoms with Gasteiger partial charge in [0.15, 0.2) is 0 Å². The summed E-state index contributed by atoms with van der Waals surface area (Å²) in [7, 11) is 0. The summed E-state index contributed by atoms with van der Waals surface area (Å²) in [6, 6.07) is 0. The van der Waals surface area contributed by atoms with Gasteiger partial charge in [0.05, 0.1) is 5.69 Å². The summed E-state index contributed by atoms with van der Waals surface area (Å²) in [4.78, 5) is 21.2. The summed E-state index contributed by atoms with van der Waals surface area (Å²) in [5.41, 5.74) is 0.691. The molecular formula is C15H23BrN4O. The number of nitrogens with one attached hydrogen (secondary N) is 1. The number of nitrogens with zero attached hydrogens (tertiary/aromatic N) is 3. The summed E-state index contributed by atoms with van der Waals surface area (Å²) in [5.74, 6) is 1.33. The lowest BCUT2D eigenvalue weighted by molar-refractivity contribution is 0.622. The number of fused-ring (bicyclic) bond motifs is 1. The van der Waals surface area contributed by atoms with E-state index in [1.807, 2.05) is 0 Å². The van der Waals surface area contributed by atoms with Crippen LogP contribution in [0.3, 0.4) is 0 Å². The number of halogens is 1. The molecule has 6 heteroatoms. The van der Waals surface area contributed by atoms with E-state index in [0.717, 1.165) is 37.2 Å². The van der Waals surface area contributed by atoms with Crippen LogP contribution >= 0.6 is 15.9 Å². The number of aryl methyl sites for hydroxylation is 2. The van der Waals surface area contributed by atoms with E-state index in [1.165, 1.54) is 30.2 Å².